The van der Waals surface area contributed by atoms with Crippen molar-refractivity contribution >= 4 is 109 Å². The molecule has 14 rings (SSSR count). The third kappa shape index (κ3) is 5.21. The molecule has 3 nitrogen and oxygen atoms in total. The van der Waals surface area contributed by atoms with Crippen LogP contribution in [-0.2, 0) is 0 Å². The topological polar surface area (TPSA) is 20.8 Å². The smallest absolute Gasteiger partial charge is 0.137 e. The molecule has 298 valence electrons. The van der Waals surface area contributed by atoms with Crippen LogP contribution in [0.25, 0.3) is 114 Å². The number of anilines is 3. The minimum absolute atomic E-state index is 0.854. The molecule has 4 aromatic heterocycles. The minimum atomic E-state index is 0.854. The maximum absolute atomic E-state index is 6.86. The van der Waals surface area contributed by atoms with Crippen molar-refractivity contribution in [2.75, 3.05) is 4.90 Å². The van der Waals surface area contributed by atoms with Crippen LogP contribution in [0.5, 0.6) is 0 Å². The summed E-state index contributed by atoms with van der Waals surface area (Å²) in [6.45, 7) is 0. The number of para-hydroxylation sites is 3. The Morgan fingerprint density at radius 1 is 0.344 bits per heavy atom. The first-order valence-corrected chi connectivity index (χ1v) is 22.6. The van der Waals surface area contributed by atoms with Gasteiger partial charge in [0.1, 0.15) is 11.2 Å². The lowest BCUT2D eigenvalue weighted by Gasteiger charge is -2.26. The van der Waals surface area contributed by atoms with E-state index in [1.807, 2.05) is 11.3 Å². The van der Waals surface area contributed by atoms with Gasteiger partial charge in [0.2, 0.25) is 0 Å². The number of hydrogen-bond acceptors (Lipinski definition) is 3. The van der Waals surface area contributed by atoms with Crippen molar-refractivity contribution in [2.45, 2.75) is 0 Å². The van der Waals surface area contributed by atoms with Crippen LogP contribution in [-0.4, -0.2) is 4.40 Å². The number of nitrogens with zero attached hydrogens (tertiary/aromatic N) is 2. The van der Waals surface area contributed by atoms with Crippen LogP contribution in [0.1, 0.15) is 0 Å². The van der Waals surface area contributed by atoms with Gasteiger partial charge in [-0.25, -0.2) is 0 Å². The number of aromatic nitrogens is 1. The third-order valence-electron chi connectivity index (χ3n) is 13.3. The van der Waals surface area contributed by atoms with E-state index in [0.717, 1.165) is 44.6 Å². The van der Waals surface area contributed by atoms with Crippen molar-refractivity contribution in [2.24, 2.45) is 0 Å². The van der Waals surface area contributed by atoms with E-state index in [2.05, 4.69) is 228 Å². The Hall–Kier alpha value is -8.18. The Morgan fingerprint density at radius 2 is 0.891 bits per heavy atom. The molecule has 0 saturated heterocycles. The van der Waals surface area contributed by atoms with Crippen LogP contribution in [0.3, 0.4) is 0 Å². The van der Waals surface area contributed by atoms with E-state index < -0.39 is 0 Å². The molecule has 0 unspecified atom stereocenters. The minimum Gasteiger partial charge on any atom is -0.456 e. The van der Waals surface area contributed by atoms with E-state index in [1.54, 1.807) is 0 Å². The second kappa shape index (κ2) is 13.7. The molecule has 0 fully saturated rings. The van der Waals surface area contributed by atoms with Gasteiger partial charge in [-0.3, -0.25) is 0 Å². The average molecular weight is 833 g/mol. The quantitative estimate of drug-likeness (QED) is 0.166. The summed E-state index contributed by atoms with van der Waals surface area (Å²) in [4.78, 5) is 2.34. The molecule has 0 amide bonds. The van der Waals surface area contributed by atoms with Crippen molar-refractivity contribution in [3.63, 3.8) is 0 Å². The zero-order chi connectivity index (χ0) is 41.9. The number of thiophene rings is 1. The van der Waals surface area contributed by atoms with Crippen molar-refractivity contribution in [3.8, 4) is 33.4 Å². The van der Waals surface area contributed by atoms with Gasteiger partial charge >= 0.3 is 0 Å². The first kappa shape index (κ1) is 35.4. The lowest BCUT2D eigenvalue weighted by atomic mass is 9.99. The van der Waals surface area contributed by atoms with E-state index in [0.29, 0.717) is 0 Å². The van der Waals surface area contributed by atoms with Gasteiger partial charge in [-0.2, -0.15) is 0 Å². The van der Waals surface area contributed by atoms with Gasteiger partial charge < -0.3 is 13.7 Å². The van der Waals surface area contributed by atoms with Crippen LogP contribution in [0.2, 0.25) is 0 Å². The van der Waals surface area contributed by atoms with E-state index in [9.17, 15) is 0 Å². The molecule has 0 atom stereocenters. The molecule has 0 aliphatic heterocycles. The summed E-state index contributed by atoms with van der Waals surface area (Å²) in [6.07, 6.45) is 0. The standard InChI is InChI=1S/C60H36N2OS/c1-2-11-37(12-3-1)38-23-28-41(29-24-38)61(42-30-25-39(26-31-42)44-15-10-22-57-58(44)52-14-5-7-21-56(52)64-57)43-32-34-48-47-33-27-40(35-54(47)63-55(48)36-43)45-16-8-18-50-51-19-9-17-49-46-13-4-6-20-53(46)62(59(45)50)60(49)51/h1-36H. The fourth-order valence-electron chi connectivity index (χ4n) is 10.5. The monoisotopic (exact) mass is 832 g/mol. The van der Waals surface area contributed by atoms with Gasteiger partial charge in [-0.05, 0) is 94.5 Å². The van der Waals surface area contributed by atoms with Gasteiger partial charge in [0.25, 0.3) is 0 Å². The van der Waals surface area contributed by atoms with Crippen molar-refractivity contribution in [1.82, 2.24) is 4.40 Å². The molecule has 0 aliphatic rings. The molecule has 14 aromatic rings. The van der Waals surface area contributed by atoms with Crippen LogP contribution in [0.4, 0.5) is 17.1 Å². The zero-order valence-electron chi connectivity index (χ0n) is 34.5. The molecule has 0 spiro atoms. The summed E-state index contributed by atoms with van der Waals surface area (Å²) in [5.41, 5.74) is 15.8. The highest BCUT2D eigenvalue weighted by Gasteiger charge is 2.21. The summed E-state index contributed by atoms with van der Waals surface area (Å²) < 4.78 is 12.0. The van der Waals surface area contributed by atoms with Crippen molar-refractivity contribution < 1.29 is 4.42 Å². The molecule has 4 heteroatoms. The summed E-state index contributed by atoms with van der Waals surface area (Å²) >= 11 is 1.86. The maximum Gasteiger partial charge on any atom is 0.137 e. The van der Waals surface area contributed by atoms with E-state index in [1.165, 1.54) is 86.1 Å². The Morgan fingerprint density at radius 3 is 1.70 bits per heavy atom. The van der Waals surface area contributed by atoms with Gasteiger partial charge in [0.15, 0.2) is 0 Å². The highest BCUT2D eigenvalue weighted by atomic mass is 32.1. The number of fused-ring (bicyclic) bond motifs is 12. The predicted molar refractivity (Wildman–Crippen MR) is 272 cm³/mol. The van der Waals surface area contributed by atoms with Crippen LogP contribution < -0.4 is 4.90 Å². The summed E-state index contributed by atoms with van der Waals surface area (Å²) in [5.74, 6) is 0. The largest absolute Gasteiger partial charge is 0.456 e. The Balaban J connectivity index is 0.897. The molecule has 0 saturated carbocycles. The summed E-state index contributed by atoms with van der Waals surface area (Å²) in [7, 11) is 0. The molecular weight excluding hydrogens is 797 g/mol. The maximum atomic E-state index is 6.86. The first-order chi connectivity index (χ1) is 31.7. The van der Waals surface area contributed by atoms with E-state index in [4.69, 9.17) is 4.42 Å². The van der Waals surface area contributed by atoms with Crippen molar-refractivity contribution in [1.29, 1.82) is 0 Å². The molecule has 64 heavy (non-hydrogen) atoms. The predicted octanol–water partition coefficient (Wildman–Crippen LogP) is 17.6. The second-order valence-electron chi connectivity index (χ2n) is 16.8. The Kier molecular flexibility index (Phi) is 7.56. The molecule has 0 radical (unpaired) electrons. The molecular formula is C60H36N2OS. The van der Waals surface area contributed by atoms with Crippen LogP contribution >= 0.6 is 11.3 Å². The second-order valence-corrected chi connectivity index (χ2v) is 17.9. The van der Waals surface area contributed by atoms with Crippen LogP contribution in [0.15, 0.2) is 223 Å². The highest BCUT2D eigenvalue weighted by Crippen LogP contribution is 2.45. The fourth-order valence-corrected chi connectivity index (χ4v) is 11.6. The molecule has 4 heterocycles. The van der Waals surface area contributed by atoms with Gasteiger partial charge in [0.05, 0.1) is 16.6 Å². The fraction of sp³-hybridized carbons (Fsp3) is 0. The highest BCUT2D eigenvalue weighted by molar-refractivity contribution is 7.25. The number of furan rings is 1. The van der Waals surface area contributed by atoms with Crippen LogP contribution in [0, 0.1) is 0 Å². The normalized spacial score (nSPS) is 12.1. The number of hydrogen-bond donors (Lipinski definition) is 0. The number of benzene rings is 10. The van der Waals surface area contributed by atoms with Gasteiger partial charge in [-0.1, -0.05) is 146 Å². The zero-order valence-corrected chi connectivity index (χ0v) is 35.3. The summed E-state index contributed by atoms with van der Waals surface area (Å²) in [6, 6.07) is 79.4. The van der Waals surface area contributed by atoms with E-state index in [-0.39, 0.29) is 0 Å². The summed E-state index contributed by atoms with van der Waals surface area (Å²) in [5, 5.41) is 9.95. The third-order valence-corrected chi connectivity index (χ3v) is 14.5. The first-order valence-electron chi connectivity index (χ1n) is 21.8. The lowest BCUT2D eigenvalue weighted by molar-refractivity contribution is 0.669. The Bertz CT molecular complexity index is 4120. The molecule has 0 bridgehead atoms. The molecule has 0 N–H and O–H groups in total. The SMILES string of the molecule is c1ccc(-c2ccc(N(c3ccc(-c4cccc5sc6ccccc6c45)cc3)c3ccc4c(c3)oc3cc(-c5cccc6c7cccc8c9ccccc9n(c56)c87)ccc34)cc2)cc1. The van der Waals surface area contributed by atoms with E-state index >= 15 is 0 Å². The van der Waals surface area contributed by atoms with Gasteiger partial charge in [0, 0.05) is 81.2 Å². The average Bonchev–Trinajstić information content (AvgIpc) is 4.12. The Labute approximate surface area is 372 Å². The van der Waals surface area contributed by atoms with Crippen molar-refractivity contribution in [3.05, 3.63) is 218 Å². The lowest BCUT2D eigenvalue weighted by Crippen LogP contribution is -2.09. The molecule has 10 aromatic carbocycles. The number of rotatable bonds is 6. The molecule has 0 aliphatic carbocycles. The van der Waals surface area contributed by atoms with Gasteiger partial charge in [-0.15, -0.1) is 11.3 Å².